The van der Waals surface area contributed by atoms with Gasteiger partial charge in [-0.15, -0.1) is 11.3 Å². The first-order valence-electron chi connectivity index (χ1n) is 13.4. The zero-order valence-corrected chi connectivity index (χ0v) is 24.2. The van der Waals surface area contributed by atoms with Crippen LogP contribution in [0.2, 0.25) is 0 Å². The molecule has 2 heterocycles. The molecule has 10 heteroatoms. The number of hydrogen-bond donors (Lipinski definition) is 1. The van der Waals surface area contributed by atoms with Crippen molar-refractivity contribution in [2.24, 2.45) is 0 Å². The molecule has 1 saturated heterocycles. The van der Waals surface area contributed by atoms with Crippen LogP contribution >= 0.6 is 11.3 Å². The molecule has 0 bridgehead atoms. The Kier molecular flexibility index (Phi) is 7.86. The van der Waals surface area contributed by atoms with Crippen molar-refractivity contribution in [2.45, 2.75) is 51.7 Å². The van der Waals surface area contributed by atoms with Crippen LogP contribution in [0.3, 0.4) is 0 Å². The van der Waals surface area contributed by atoms with Gasteiger partial charge >= 0.3 is 19.2 Å². The Bertz CT molecular complexity index is 1390. The van der Waals surface area contributed by atoms with Crippen LogP contribution in [-0.4, -0.2) is 55.1 Å². The highest BCUT2D eigenvalue weighted by Gasteiger charge is 2.52. The normalized spacial score (nSPS) is 17.3. The summed E-state index contributed by atoms with van der Waals surface area (Å²) in [6, 6.07) is 16.4. The van der Waals surface area contributed by atoms with Gasteiger partial charge < -0.3 is 24.1 Å². The standard InChI is InChI=1S/C30H33BN2O6S/c1-6-36-27(34)25-18-40-26(33-25)15-19(31-38-29(2,3)30(4,5)39-31)16-32-28(35)37-17-24-22-13-9-7-11-20(22)21-12-8-10-14-23(21)24/h7-15,18,24H,6,16-17H2,1-5H3,(H,32,35). The highest BCUT2D eigenvalue weighted by molar-refractivity contribution is 7.10. The zero-order valence-electron chi connectivity index (χ0n) is 23.4. The molecule has 1 N–H and O–H groups in total. The van der Waals surface area contributed by atoms with Crippen LogP contribution in [0, 0.1) is 0 Å². The fourth-order valence-electron chi connectivity index (χ4n) is 4.83. The number of benzene rings is 2. The minimum absolute atomic E-state index is 0.0344. The SMILES string of the molecule is CCOC(=O)c1csc(C=C(CNC(=O)OCC2c3ccccc3-c3ccccc32)B2OC(C)(C)C(C)(C)O2)n1. The first kappa shape index (κ1) is 28.1. The van der Waals surface area contributed by atoms with E-state index in [1.807, 2.05) is 52.0 Å². The molecule has 3 aromatic rings. The van der Waals surface area contributed by atoms with Crippen molar-refractivity contribution < 1.29 is 28.4 Å². The number of aromatic nitrogens is 1. The van der Waals surface area contributed by atoms with Gasteiger partial charge in [-0.25, -0.2) is 14.6 Å². The van der Waals surface area contributed by atoms with E-state index in [1.165, 1.54) is 22.5 Å². The molecule has 1 aliphatic heterocycles. The van der Waals surface area contributed by atoms with Gasteiger partial charge in [0.05, 0.1) is 17.8 Å². The van der Waals surface area contributed by atoms with Crippen LogP contribution in [0.5, 0.6) is 0 Å². The minimum Gasteiger partial charge on any atom is -0.461 e. The molecule has 208 valence electrons. The number of hydrogen-bond acceptors (Lipinski definition) is 8. The lowest BCUT2D eigenvalue weighted by molar-refractivity contribution is 0.00578. The Labute approximate surface area is 238 Å². The molecule has 0 radical (unpaired) electrons. The highest BCUT2D eigenvalue weighted by atomic mass is 32.1. The quantitative estimate of drug-likeness (QED) is 0.272. The van der Waals surface area contributed by atoms with E-state index in [2.05, 4.69) is 34.6 Å². The number of amides is 1. The zero-order chi connectivity index (χ0) is 28.5. The van der Waals surface area contributed by atoms with Gasteiger partial charge in [-0.3, -0.25) is 0 Å². The number of nitrogens with zero attached hydrogens (tertiary/aromatic N) is 1. The summed E-state index contributed by atoms with van der Waals surface area (Å²) in [6.07, 6.45) is 1.23. The summed E-state index contributed by atoms with van der Waals surface area (Å²) < 4.78 is 23.3. The van der Waals surface area contributed by atoms with Crippen molar-refractivity contribution in [3.63, 3.8) is 0 Å². The Hall–Kier alpha value is -3.47. The second-order valence-corrected chi connectivity index (χ2v) is 11.7. The number of fused-ring (bicyclic) bond motifs is 3. The average Bonchev–Trinajstić information content (AvgIpc) is 3.58. The summed E-state index contributed by atoms with van der Waals surface area (Å²) >= 11 is 1.30. The van der Waals surface area contributed by atoms with Crippen LogP contribution in [0.25, 0.3) is 17.2 Å². The van der Waals surface area contributed by atoms with Gasteiger partial charge in [-0.1, -0.05) is 48.5 Å². The lowest BCUT2D eigenvalue weighted by Gasteiger charge is -2.32. The van der Waals surface area contributed by atoms with Crippen molar-refractivity contribution in [1.82, 2.24) is 10.3 Å². The van der Waals surface area contributed by atoms with Crippen LogP contribution < -0.4 is 5.32 Å². The molecule has 1 amide bonds. The van der Waals surface area contributed by atoms with Crippen LogP contribution in [0.1, 0.15) is 67.2 Å². The number of esters is 1. The van der Waals surface area contributed by atoms with Crippen LogP contribution in [0.4, 0.5) is 4.79 Å². The minimum atomic E-state index is -0.714. The van der Waals surface area contributed by atoms with E-state index in [9.17, 15) is 9.59 Å². The summed E-state index contributed by atoms with van der Waals surface area (Å²) in [5.74, 6) is -0.514. The van der Waals surface area contributed by atoms with Gasteiger partial charge in [0.1, 0.15) is 11.6 Å². The van der Waals surface area contributed by atoms with Crippen LogP contribution in [0.15, 0.2) is 59.4 Å². The Balaban J connectivity index is 1.29. The van der Waals surface area contributed by atoms with Crippen molar-refractivity contribution in [3.05, 3.63) is 81.2 Å². The molecule has 1 fully saturated rings. The fraction of sp³-hybridized carbons (Fsp3) is 0.367. The Morgan fingerprint density at radius 2 is 1.60 bits per heavy atom. The third-order valence-corrected chi connectivity index (χ3v) is 8.44. The molecule has 0 atom stereocenters. The van der Waals surface area contributed by atoms with Gasteiger partial charge in [0.25, 0.3) is 0 Å². The maximum atomic E-state index is 12.9. The molecule has 1 aliphatic carbocycles. The predicted molar refractivity (Wildman–Crippen MR) is 155 cm³/mol. The number of nitrogens with one attached hydrogen (secondary N) is 1. The van der Waals surface area contributed by atoms with E-state index in [0.29, 0.717) is 10.5 Å². The van der Waals surface area contributed by atoms with Crippen molar-refractivity contribution in [2.75, 3.05) is 19.8 Å². The summed E-state index contributed by atoms with van der Waals surface area (Å²) in [4.78, 5) is 29.4. The molecule has 40 heavy (non-hydrogen) atoms. The molecule has 8 nitrogen and oxygen atoms in total. The molecular formula is C30H33BN2O6S. The van der Waals surface area contributed by atoms with E-state index >= 15 is 0 Å². The van der Waals surface area contributed by atoms with Gasteiger partial charge in [0.2, 0.25) is 0 Å². The van der Waals surface area contributed by atoms with Gasteiger partial charge in [-0.05, 0) is 68.4 Å². The smallest absolute Gasteiger partial charge is 0.461 e. The lowest BCUT2D eigenvalue weighted by Crippen LogP contribution is -2.41. The van der Waals surface area contributed by atoms with Crippen LogP contribution in [-0.2, 0) is 18.8 Å². The van der Waals surface area contributed by atoms with Gasteiger partial charge in [0, 0.05) is 17.8 Å². The number of rotatable bonds is 8. The maximum absolute atomic E-state index is 12.9. The first-order chi connectivity index (χ1) is 19.1. The highest BCUT2D eigenvalue weighted by Crippen LogP contribution is 2.44. The number of alkyl carbamates (subject to hydrolysis) is 1. The van der Waals surface area contributed by atoms with E-state index in [-0.39, 0.29) is 31.4 Å². The molecule has 0 saturated carbocycles. The topological polar surface area (TPSA) is 96.0 Å². The largest absolute Gasteiger partial charge is 0.492 e. The number of carbonyl (C=O) groups is 2. The lowest BCUT2D eigenvalue weighted by atomic mass is 9.77. The Morgan fingerprint density at radius 3 is 2.20 bits per heavy atom. The molecule has 2 aromatic carbocycles. The fourth-order valence-corrected chi connectivity index (χ4v) is 5.58. The number of ether oxygens (including phenoxy) is 2. The van der Waals surface area contributed by atoms with Crippen molar-refractivity contribution in [1.29, 1.82) is 0 Å². The molecule has 2 aliphatic rings. The molecule has 0 unspecified atom stereocenters. The van der Waals surface area contributed by atoms with Crippen molar-refractivity contribution in [3.8, 4) is 11.1 Å². The van der Waals surface area contributed by atoms with E-state index in [0.717, 1.165) is 11.1 Å². The second kappa shape index (κ2) is 11.2. The molecule has 1 aromatic heterocycles. The summed E-state index contributed by atoms with van der Waals surface area (Å²) in [7, 11) is -0.714. The van der Waals surface area contributed by atoms with E-state index in [1.54, 1.807) is 18.4 Å². The summed E-state index contributed by atoms with van der Waals surface area (Å²) in [5, 5.41) is 5.07. The first-order valence-corrected chi connectivity index (χ1v) is 14.2. The third kappa shape index (κ3) is 5.57. The summed E-state index contributed by atoms with van der Waals surface area (Å²) in [6.45, 7) is 10.2. The molecule has 5 rings (SSSR count). The maximum Gasteiger partial charge on any atom is 0.492 e. The summed E-state index contributed by atoms with van der Waals surface area (Å²) in [5.41, 5.74) is 4.38. The number of carbonyl (C=O) groups excluding carboxylic acids is 2. The van der Waals surface area contributed by atoms with Crippen molar-refractivity contribution >= 4 is 36.6 Å². The second-order valence-electron chi connectivity index (χ2n) is 10.8. The monoisotopic (exact) mass is 560 g/mol. The Morgan fingerprint density at radius 1 is 1.00 bits per heavy atom. The molecule has 0 spiro atoms. The average molecular weight is 560 g/mol. The third-order valence-electron chi connectivity index (χ3n) is 7.65. The van der Waals surface area contributed by atoms with Gasteiger partial charge in [0.15, 0.2) is 5.69 Å². The van der Waals surface area contributed by atoms with E-state index in [4.69, 9.17) is 18.8 Å². The van der Waals surface area contributed by atoms with E-state index < -0.39 is 30.4 Å². The van der Waals surface area contributed by atoms with Gasteiger partial charge in [-0.2, -0.15) is 0 Å². The number of thiazole rings is 1. The molecular weight excluding hydrogens is 527 g/mol. The predicted octanol–water partition coefficient (Wildman–Crippen LogP) is 5.87.